The quantitative estimate of drug-likeness (QED) is 0.590. The molecule has 1 N–H and O–H groups in total. The molecule has 1 unspecified atom stereocenters. The fourth-order valence-electron chi connectivity index (χ4n) is 1.34. The van der Waals surface area contributed by atoms with Crippen molar-refractivity contribution in [1.29, 1.82) is 0 Å². The van der Waals surface area contributed by atoms with E-state index in [1.54, 1.807) is 13.1 Å². The van der Waals surface area contributed by atoms with Gasteiger partial charge in [-0.2, -0.15) is 0 Å². The van der Waals surface area contributed by atoms with Crippen molar-refractivity contribution in [2.24, 2.45) is 0 Å². The van der Waals surface area contributed by atoms with Gasteiger partial charge in [0.2, 0.25) is 5.91 Å². The molecule has 3 heteroatoms. The minimum Gasteiger partial charge on any atom is -0.370 e. The highest BCUT2D eigenvalue weighted by atomic mass is 16.3. The van der Waals surface area contributed by atoms with Crippen molar-refractivity contribution < 1.29 is 9.90 Å². The fourth-order valence-corrected chi connectivity index (χ4v) is 1.34. The van der Waals surface area contributed by atoms with E-state index in [-0.39, 0.29) is 5.91 Å². The Kier molecular flexibility index (Phi) is 2.00. The summed E-state index contributed by atoms with van der Waals surface area (Å²) < 4.78 is 0. The van der Waals surface area contributed by atoms with Crippen LogP contribution in [0.1, 0.15) is 19.3 Å². The molecule has 1 aliphatic rings. The molecule has 0 aromatic heterocycles. The lowest BCUT2D eigenvalue weighted by atomic mass is 10.1. The summed E-state index contributed by atoms with van der Waals surface area (Å²) in [5, 5.41) is 9.76. The first kappa shape index (κ1) is 8.27. The third-order valence-electron chi connectivity index (χ3n) is 2.21. The number of nitrogens with zero attached hydrogens (tertiary/aromatic N) is 1. The summed E-state index contributed by atoms with van der Waals surface area (Å²) in [5.41, 5.74) is -0.959. The minimum atomic E-state index is -0.959. The Morgan fingerprint density at radius 3 is 2.91 bits per heavy atom. The van der Waals surface area contributed by atoms with Crippen LogP contribution in [0.3, 0.4) is 0 Å². The van der Waals surface area contributed by atoms with Gasteiger partial charge in [-0.25, -0.2) is 0 Å². The monoisotopic (exact) mass is 155 g/mol. The van der Waals surface area contributed by atoms with Gasteiger partial charge in [-0.05, 0) is 0 Å². The maximum Gasteiger partial charge on any atom is 0.224 e. The highest BCUT2D eigenvalue weighted by Gasteiger charge is 2.39. The molecule has 0 aromatic carbocycles. The molecular weight excluding hydrogens is 142 g/mol. The van der Waals surface area contributed by atoms with Gasteiger partial charge in [0.25, 0.3) is 0 Å². The Morgan fingerprint density at radius 2 is 2.55 bits per heavy atom. The average molecular weight is 155 g/mol. The summed E-state index contributed by atoms with van der Waals surface area (Å²) in [5.74, 6) is 0.00866. The van der Waals surface area contributed by atoms with E-state index >= 15 is 0 Å². The zero-order valence-electron chi connectivity index (χ0n) is 6.71. The van der Waals surface area contributed by atoms with Crippen molar-refractivity contribution in [2.75, 3.05) is 7.05 Å². The van der Waals surface area contributed by atoms with Crippen molar-refractivity contribution in [2.45, 2.75) is 25.0 Å². The topological polar surface area (TPSA) is 40.5 Å². The number of amides is 1. The lowest BCUT2D eigenvalue weighted by Gasteiger charge is -2.29. The van der Waals surface area contributed by atoms with Crippen LogP contribution in [0.25, 0.3) is 0 Å². The van der Waals surface area contributed by atoms with Gasteiger partial charge in [-0.3, -0.25) is 4.79 Å². The molecule has 1 atom stereocenters. The van der Waals surface area contributed by atoms with E-state index in [4.69, 9.17) is 0 Å². The lowest BCUT2D eigenvalue weighted by molar-refractivity contribution is -0.140. The standard InChI is InChI=1S/C8H13NO2/c1-3-5-8(11)6-4-7(10)9(8)2/h3,11H,1,4-6H2,2H3. The number of carbonyl (C=O) groups excluding carboxylic acids is 1. The first-order valence-electron chi connectivity index (χ1n) is 3.70. The van der Waals surface area contributed by atoms with Crippen LogP contribution in [0.4, 0.5) is 0 Å². The second kappa shape index (κ2) is 2.66. The van der Waals surface area contributed by atoms with Gasteiger partial charge >= 0.3 is 0 Å². The lowest BCUT2D eigenvalue weighted by Crippen LogP contribution is -2.42. The highest BCUT2D eigenvalue weighted by Crippen LogP contribution is 2.29. The van der Waals surface area contributed by atoms with Gasteiger partial charge in [0.1, 0.15) is 5.72 Å². The van der Waals surface area contributed by atoms with Crippen LogP contribution >= 0.6 is 0 Å². The summed E-state index contributed by atoms with van der Waals surface area (Å²) in [6, 6.07) is 0. The zero-order valence-corrected chi connectivity index (χ0v) is 6.71. The van der Waals surface area contributed by atoms with Gasteiger partial charge in [0, 0.05) is 26.3 Å². The van der Waals surface area contributed by atoms with Crippen molar-refractivity contribution in [1.82, 2.24) is 4.90 Å². The van der Waals surface area contributed by atoms with Gasteiger partial charge in [-0.15, -0.1) is 6.58 Å². The molecule has 1 amide bonds. The summed E-state index contributed by atoms with van der Waals surface area (Å²) >= 11 is 0. The van der Waals surface area contributed by atoms with Gasteiger partial charge in [0.15, 0.2) is 0 Å². The average Bonchev–Trinajstić information content (AvgIpc) is 2.19. The normalized spacial score (nSPS) is 31.1. The summed E-state index contributed by atoms with van der Waals surface area (Å²) in [6.07, 6.45) is 3.06. The number of hydrogen-bond acceptors (Lipinski definition) is 2. The van der Waals surface area contributed by atoms with E-state index in [9.17, 15) is 9.90 Å². The van der Waals surface area contributed by atoms with Crippen LogP contribution in [-0.4, -0.2) is 28.7 Å². The van der Waals surface area contributed by atoms with Crippen LogP contribution in [-0.2, 0) is 4.79 Å². The van der Waals surface area contributed by atoms with E-state index in [0.29, 0.717) is 19.3 Å². The van der Waals surface area contributed by atoms with Crippen molar-refractivity contribution in [3.05, 3.63) is 12.7 Å². The number of hydrogen-bond donors (Lipinski definition) is 1. The molecule has 11 heavy (non-hydrogen) atoms. The molecule has 0 bridgehead atoms. The van der Waals surface area contributed by atoms with E-state index < -0.39 is 5.72 Å². The Hall–Kier alpha value is -0.830. The number of rotatable bonds is 2. The molecule has 3 nitrogen and oxygen atoms in total. The molecule has 0 aliphatic carbocycles. The highest BCUT2D eigenvalue weighted by molar-refractivity contribution is 5.78. The van der Waals surface area contributed by atoms with Gasteiger partial charge < -0.3 is 10.0 Å². The molecular formula is C8H13NO2. The minimum absolute atomic E-state index is 0.00866. The molecule has 0 saturated carbocycles. The van der Waals surface area contributed by atoms with Crippen LogP contribution in [0.5, 0.6) is 0 Å². The third-order valence-corrected chi connectivity index (χ3v) is 2.21. The van der Waals surface area contributed by atoms with Crippen LogP contribution in [0.15, 0.2) is 12.7 Å². The van der Waals surface area contributed by atoms with Crippen molar-refractivity contribution in [3.8, 4) is 0 Å². The Morgan fingerprint density at radius 1 is 1.91 bits per heavy atom. The first-order valence-corrected chi connectivity index (χ1v) is 3.70. The largest absolute Gasteiger partial charge is 0.370 e. The molecule has 1 fully saturated rings. The van der Waals surface area contributed by atoms with Gasteiger partial charge in [-0.1, -0.05) is 6.08 Å². The number of likely N-dealkylation sites (tertiary alicyclic amines) is 1. The van der Waals surface area contributed by atoms with E-state index in [1.807, 2.05) is 0 Å². The molecule has 1 aliphatic heterocycles. The second-order valence-corrected chi connectivity index (χ2v) is 2.93. The second-order valence-electron chi connectivity index (χ2n) is 2.93. The summed E-state index contributed by atoms with van der Waals surface area (Å²) in [4.78, 5) is 12.4. The van der Waals surface area contributed by atoms with E-state index in [1.165, 1.54) is 4.90 Å². The predicted molar refractivity (Wildman–Crippen MR) is 41.8 cm³/mol. The molecule has 1 rings (SSSR count). The maximum absolute atomic E-state index is 11.0. The molecule has 0 radical (unpaired) electrons. The third kappa shape index (κ3) is 1.28. The van der Waals surface area contributed by atoms with Crippen molar-refractivity contribution in [3.63, 3.8) is 0 Å². The molecule has 0 spiro atoms. The molecule has 1 saturated heterocycles. The van der Waals surface area contributed by atoms with Gasteiger partial charge in [0.05, 0.1) is 0 Å². The Balaban J connectivity index is 2.71. The van der Waals surface area contributed by atoms with E-state index in [0.717, 1.165) is 0 Å². The molecule has 1 heterocycles. The zero-order chi connectivity index (χ0) is 8.48. The Labute approximate surface area is 66.3 Å². The maximum atomic E-state index is 11.0. The van der Waals surface area contributed by atoms with Crippen LogP contribution in [0.2, 0.25) is 0 Å². The summed E-state index contributed by atoms with van der Waals surface area (Å²) in [6.45, 7) is 3.53. The number of aliphatic hydroxyl groups is 1. The van der Waals surface area contributed by atoms with Crippen LogP contribution < -0.4 is 0 Å². The molecule has 0 aromatic rings. The first-order chi connectivity index (χ1) is 5.10. The Bertz CT molecular complexity index is 191. The van der Waals surface area contributed by atoms with E-state index in [2.05, 4.69) is 6.58 Å². The summed E-state index contributed by atoms with van der Waals surface area (Å²) in [7, 11) is 1.62. The van der Waals surface area contributed by atoms with Crippen molar-refractivity contribution >= 4 is 5.91 Å². The van der Waals surface area contributed by atoms with Crippen LogP contribution in [0, 0.1) is 0 Å². The predicted octanol–water partition coefficient (Wildman–Crippen LogP) is 0.503. The fraction of sp³-hybridized carbons (Fsp3) is 0.625. The SMILES string of the molecule is C=CCC1(O)CCC(=O)N1C. The molecule has 62 valence electrons. The smallest absolute Gasteiger partial charge is 0.224 e. The number of carbonyl (C=O) groups is 1.